The number of carbonyl (C=O) groups is 1. The van der Waals surface area contributed by atoms with Gasteiger partial charge in [0.05, 0.1) is 11.8 Å². The molecule has 23 heavy (non-hydrogen) atoms. The highest BCUT2D eigenvalue weighted by molar-refractivity contribution is 5.96. The molecule has 118 valence electrons. The van der Waals surface area contributed by atoms with E-state index in [1.165, 1.54) is 11.3 Å². The van der Waals surface area contributed by atoms with Crippen molar-refractivity contribution in [2.75, 3.05) is 31.1 Å². The van der Waals surface area contributed by atoms with E-state index in [1.54, 1.807) is 12.3 Å². The molecule has 1 aliphatic rings. The highest BCUT2D eigenvalue weighted by Gasteiger charge is 2.23. The molecule has 1 saturated heterocycles. The number of nitrogens with zero attached hydrogens (tertiary/aromatic N) is 2. The molecule has 0 saturated carbocycles. The van der Waals surface area contributed by atoms with Crippen LogP contribution in [0.3, 0.4) is 0 Å². The fourth-order valence-corrected chi connectivity index (χ4v) is 3.06. The maximum atomic E-state index is 12.6. The molecule has 0 spiro atoms. The summed E-state index contributed by atoms with van der Waals surface area (Å²) in [6, 6.07) is 12.2. The van der Waals surface area contributed by atoms with Gasteiger partial charge in [0.25, 0.3) is 5.91 Å². The molecule has 3 aromatic rings. The van der Waals surface area contributed by atoms with Gasteiger partial charge in [-0.3, -0.25) is 4.79 Å². The number of hydrogen-bond acceptors (Lipinski definition) is 3. The quantitative estimate of drug-likeness (QED) is 0.791. The summed E-state index contributed by atoms with van der Waals surface area (Å²) in [4.78, 5) is 19.9. The summed E-state index contributed by atoms with van der Waals surface area (Å²) in [5.41, 5.74) is 4.68. The van der Waals surface area contributed by atoms with E-state index in [9.17, 15) is 4.79 Å². The minimum absolute atomic E-state index is 0.0416. The van der Waals surface area contributed by atoms with E-state index in [4.69, 9.17) is 4.42 Å². The van der Waals surface area contributed by atoms with Crippen LogP contribution in [0.15, 0.2) is 47.1 Å². The van der Waals surface area contributed by atoms with Crippen molar-refractivity contribution in [1.29, 1.82) is 0 Å². The van der Waals surface area contributed by atoms with E-state index in [1.807, 2.05) is 11.0 Å². The van der Waals surface area contributed by atoms with Crippen LogP contribution in [0.5, 0.6) is 0 Å². The summed E-state index contributed by atoms with van der Waals surface area (Å²) in [7, 11) is 0. The Morgan fingerprint density at radius 2 is 1.83 bits per heavy atom. The largest absolute Gasteiger partial charge is 0.463 e. The van der Waals surface area contributed by atoms with Crippen LogP contribution in [0.1, 0.15) is 16.1 Å². The number of nitrogens with one attached hydrogen (secondary N) is 1. The number of H-pyrrole nitrogens is 1. The van der Waals surface area contributed by atoms with Gasteiger partial charge in [-0.1, -0.05) is 17.7 Å². The molecule has 0 radical (unpaired) electrons. The average molecular weight is 309 g/mol. The van der Waals surface area contributed by atoms with Crippen molar-refractivity contribution in [3.05, 3.63) is 53.9 Å². The minimum Gasteiger partial charge on any atom is -0.463 e. The minimum atomic E-state index is 0.0416. The Bertz CT molecular complexity index is 795. The lowest BCUT2D eigenvalue weighted by atomic mass is 10.2. The first-order chi connectivity index (χ1) is 11.2. The number of anilines is 1. The normalized spacial score (nSPS) is 15.3. The molecular weight excluding hydrogens is 290 g/mol. The van der Waals surface area contributed by atoms with Crippen LogP contribution in [0.2, 0.25) is 0 Å². The predicted octanol–water partition coefficient (Wildman–Crippen LogP) is 3.03. The number of aromatic nitrogens is 1. The van der Waals surface area contributed by atoms with Crippen molar-refractivity contribution in [3.63, 3.8) is 0 Å². The van der Waals surface area contributed by atoms with Crippen molar-refractivity contribution in [2.45, 2.75) is 6.92 Å². The monoisotopic (exact) mass is 309 g/mol. The zero-order valence-corrected chi connectivity index (χ0v) is 13.1. The summed E-state index contributed by atoms with van der Waals surface area (Å²) in [6.07, 6.45) is 1.62. The van der Waals surface area contributed by atoms with Gasteiger partial charge in [0.1, 0.15) is 5.69 Å². The Labute approximate surface area is 134 Å². The maximum Gasteiger partial charge on any atom is 0.270 e. The third-order valence-electron chi connectivity index (χ3n) is 4.44. The highest BCUT2D eigenvalue weighted by Crippen LogP contribution is 2.20. The molecule has 2 aromatic heterocycles. The number of benzene rings is 1. The van der Waals surface area contributed by atoms with Crippen molar-refractivity contribution in [1.82, 2.24) is 9.88 Å². The van der Waals surface area contributed by atoms with Crippen LogP contribution in [0.4, 0.5) is 5.69 Å². The summed E-state index contributed by atoms with van der Waals surface area (Å²) >= 11 is 0. The fraction of sp³-hybridized carbons (Fsp3) is 0.278. The number of fused-ring (bicyclic) bond motifs is 1. The second-order valence-corrected chi connectivity index (χ2v) is 6.00. The smallest absolute Gasteiger partial charge is 0.270 e. The highest BCUT2D eigenvalue weighted by atomic mass is 16.3. The Balaban J connectivity index is 1.43. The number of aryl methyl sites for hydroxylation is 1. The SMILES string of the molecule is Cc1ccc(N2CCN(C(=O)c3cc4occc4[nH]3)CC2)cc1. The Kier molecular flexibility index (Phi) is 3.33. The van der Waals surface area contributed by atoms with E-state index < -0.39 is 0 Å². The number of aromatic amines is 1. The average Bonchev–Trinajstić information content (AvgIpc) is 3.17. The van der Waals surface area contributed by atoms with Gasteiger partial charge in [-0.15, -0.1) is 0 Å². The third kappa shape index (κ3) is 2.59. The molecule has 1 N–H and O–H groups in total. The molecule has 1 amide bonds. The lowest BCUT2D eigenvalue weighted by Crippen LogP contribution is -2.48. The van der Waals surface area contributed by atoms with Crippen molar-refractivity contribution in [3.8, 4) is 0 Å². The molecular formula is C18H19N3O2. The molecule has 4 rings (SSSR count). The molecule has 0 atom stereocenters. The van der Waals surface area contributed by atoms with Crippen LogP contribution in [-0.4, -0.2) is 42.0 Å². The second-order valence-electron chi connectivity index (χ2n) is 6.00. The van der Waals surface area contributed by atoms with Crippen molar-refractivity contribution in [2.24, 2.45) is 0 Å². The van der Waals surface area contributed by atoms with Crippen LogP contribution in [0, 0.1) is 6.92 Å². The van der Waals surface area contributed by atoms with Gasteiger partial charge in [-0.25, -0.2) is 0 Å². The van der Waals surface area contributed by atoms with Crippen LogP contribution < -0.4 is 4.90 Å². The molecule has 0 unspecified atom stereocenters. The number of hydrogen-bond donors (Lipinski definition) is 1. The van der Waals surface area contributed by atoms with E-state index in [-0.39, 0.29) is 5.91 Å². The number of carbonyl (C=O) groups excluding carboxylic acids is 1. The van der Waals surface area contributed by atoms with Gasteiger partial charge in [0.2, 0.25) is 0 Å². The zero-order chi connectivity index (χ0) is 15.8. The number of rotatable bonds is 2. The summed E-state index contributed by atoms with van der Waals surface area (Å²) < 4.78 is 5.31. The zero-order valence-electron chi connectivity index (χ0n) is 13.1. The van der Waals surface area contributed by atoms with Gasteiger partial charge in [0, 0.05) is 44.0 Å². The number of furan rings is 1. The van der Waals surface area contributed by atoms with Gasteiger partial charge < -0.3 is 19.2 Å². The molecule has 1 aromatic carbocycles. The molecule has 5 nitrogen and oxygen atoms in total. The Hall–Kier alpha value is -2.69. The molecule has 5 heteroatoms. The third-order valence-corrected chi connectivity index (χ3v) is 4.44. The van der Waals surface area contributed by atoms with Gasteiger partial charge in [0.15, 0.2) is 5.58 Å². The standard InChI is InChI=1S/C18H19N3O2/c1-13-2-4-14(5-3-13)20-7-9-21(10-8-20)18(22)16-12-17-15(19-16)6-11-23-17/h2-6,11-12,19H,7-10H2,1H3. The lowest BCUT2D eigenvalue weighted by Gasteiger charge is -2.36. The van der Waals surface area contributed by atoms with Crippen LogP contribution >= 0.6 is 0 Å². The first kappa shape index (κ1) is 13.9. The summed E-state index contributed by atoms with van der Waals surface area (Å²) in [5.74, 6) is 0.0416. The predicted molar refractivity (Wildman–Crippen MR) is 89.9 cm³/mol. The van der Waals surface area contributed by atoms with E-state index in [0.29, 0.717) is 5.69 Å². The first-order valence-corrected chi connectivity index (χ1v) is 7.88. The van der Waals surface area contributed by atoms with Crippen molar-refractivity contribution >= 4 is 22.7 Å². The van der Waals surface area contributed by atoms with Gasteiger partial charge >= 0.3 is 0 Å². The molecule has 0 aliphatic carbocycles. The molecule has 0 bridgehead atoms. The van der Waals surface area contributed by atoms with Crippen molar-refractivity contribution < 1.29 is 9.21 Å². The van der Waals surface area contributed by atoms with E-state index >= 15 is 0 Å². The Morgan fingerprint density at radius 1 is 1.09 bits per heavy atom. The molecule has 1 aliphatic heterocycles. The molecule has 3 heterocycles. The van der Waals surface area contributed by atoms with E-state index in [2.05, 4.69) is 41.1 Å². The van der Waals surface area contributed by atoms with Crippen LogP contribution in [0.25, 0.3) is 11.1 Å². The maximum absolute atomic E-state index is 12.6. The van der Waals surface area contributed by atoms with Crippen LogP contribution in [-0.2, 0) is 0 Å². The first-order valence-electron chi connectivity index (χ1n) is 7.88. The summed E-state index contributed by atoms with van der Waals surface area (Å²) in [5, 5.41) is 0. The Morgan fingerprint density at radius 3 is 2.52 bits per heavy atom. The number of amides is 1. The lowest BCUT2D eigenvalue weighted by molar-refractivity contribution is 0.0742. The van der Waals surface area contributed by atoms with Gasteiger partial charge in [-0.2, -0.15) is 0 Å². The fourth-order valence-electron chi connectivity index (χ4n) is 3.06. The molecule has 1 fully saturated rings. The summed E-state index contributed by atoms with van der Waals surface area (Å²) in [6.45, 7) is 5.25. The van der Waals surface area contributed by atoms with Gasteiger partial charge in [-0.05, 0) is 19.1 Å². The number of piperazine rings is 1. The topological polar surface area (TPSA) is 52.5 Å². The second kappa shape index (κ2) is 5.50. The van der Waals surface area contributed by atoms with E-state index in [0.717, 1.165) is 37.3 Å².